The summed E-state index contributed by atoms with van der Waals surface area (Å²) in [7, 11) is 1.60. The van der Waals surface area contributed by atoms with Crippen molar-refractivity contribution in [2.24, 2.45) is 5.41 Å². The lowest BCUT2D eigenvalue weighted by Gasteiger charge is -2.44. The van der Waals surface area contributed by atoms with Gasteiger partial charge in [-0.1, -0.05) is 25.3 Å². The summed E-state index contributed by atoms with van der Waals surface area (Å²) < 4.78 is 5.20. The molecule has 1 aliphatic heterocycles. The quantitative estimate of drug-likeness (QED) is 0.914. The Bertz CT molecular complexity index is 470. The molecule has 1 saturated carbocycles. The first-order valence-electron chi connectivity index (χ1n) is 8.29. The predicted octanol–water partition coefficient (Wildman–Crippen LogP) is 3.95. The second-order valence-electron chi connectivity index (χ2n) is 6.84. The van der Waals surface area contributed by atoms with Gasteiger partial charge < -0.3 is 9.84 Å². The molecule has 0 radical (unpaired) electrons. The molecule has 3 heteroatoms. The highest BCUT2D eigenvalue weighted by molar-refractivity contribution is 5.41. The summed E-state index contributed by atoms with van der Waals surface area (Å²) in [5.41, 5.74) is 1.89. The first kappa shape index (κ1) is 14.7. The van der Waals surface area contributed by atoms with Crippen molar-refractivity contribution in [2.45, 2.75) is 51.5 Å². The number of methoxy groups -OCH3 is 1. The molecule has 1 spiro atoms. The Kier molecular flexibility index (Phi) is 4.39. The number of benzene rings is 1. The molecule has 1 saturated heterocycles. The molecule has 0 unspecified atom stereocenters. The van der Waals surface area contributed by atoms with Gasteiger partial charge in [0.15, 0.2) is 11.5 Å². The van der Waals surface area contributed by atoms with Gasteiger partial charge in [0.05, 0.1) is 7.11 Å². The summed E-state index contributed by atoms with van der Waals surface area (Å²) in [6.45, 7) is 3.39. The molecule has 1 aromatic rings. The SMILES string of the molecule is COc1cc(CN2CCC3(CCCCC3)CC2)ccc1O. The van der Waals surface area contributed by atoms with E-state index in [4.69, 9.17) is 4.74 Å². The van der Waals surface area contributed by atoms with Crippen LogP contribution in [0.1, 0.15) is 50.5 Å². The standard InChI is InChI=1S/C18H27NO2/c1-21-17-13-15(5-6-16(17)20)14-19-11-9-18(10-12-19)7-3-2-4-8-18/h5-6,13,20H,2-4,7-12,14H2,1H3. The first-order valence-corrected chi connectivity index (χ1v) is 8.29. The fourth-order valence-electron chi connectivity index (χ4n) is 4.07. The second-order valence-corrected chi connectivity index (χ2v) is 6.84. The molecule has 3 nitrogen and oxygen atoms in total. The summed E-state index contributed by atoms with van der Waals surface area (Å²) in [6, 6.07) is 5.70. The van der Waals surface area contributed by atoms with Crippen LogP contribution in [0.4, 0.5) is 0 Å². The number of hydrogen-bond acceptors (Lipinski definition) is 3. The molecule has 1 N–H and O–H groups in total. The van der Waals surface area contributed by atoms with Crippen molar-refractivity contribution < 1.29 is 9.84 Å². The Labute approximate surface area is 127 Å². The Balaban J connectivity index is 1.57. The van der Waals surface area contributed by atoms with Gasteiger partial charge in [0.25, 0.3) is 0 Å². The third-order valence-corrected chi connectivity index (χ3v) is 5.48. The monoisotopic (exact) mass is 289 g/mol. The Morgan fingerprint density at radius 3 is 2.48 bits per heavy atom. The van der Waals surface area contributed by atoms with Crippen LogP contribution in [0.15, 0.2) is 18.2 Å². The maximum atomic E-state index is 9.67. The summed E-state index contributed by atoms with van der Waals surface area (Å²) >= 11 is 0. The smallest absolute Gasteiger partial charge is 0.160 e. The van der Waals surface area contributed by atoms with Crippen molar-refractivity contribution in [3.05, 3.63) is 23.8 Å². The molecular formula is C18H27NO2. The van der Waals surface area contributed by atoms with Gasteiger partial charge in [-0.15, -0.1) is 0 Å². The number of likely N-dealkylation sites (tertiary alicyclic amines) is 1. The lowest BCUT2D eigenvalue weighted by atomic mass is 9.68. The number of phenolic OH excluding ortho intramolecular Hbond substituents is 1. The fraction of sp³-hybridized carbons (Fsp3) is 0.667. The van der Waals surface area contributed by atoms with Crippen LogP contribution < -0.4 is 4.74 Å². The van der Waals surface area contributed by atoms with E-state index in [1.165, 1.54) is 63.6 Å². The zero-order valence-corrected chi connectivity index (χ0v) is 13.1. The van der Waals surface area contributed by atoms with Crippen LogP contribution in [-0.2, 0) is 6.54 Å². The van der Waals surface area contributed by atoms with E-state index in [1.54, 1.807) is 13.2 Å². The van der Waals surface area contributed by atoms with E-state index in [2.05, 4.69) is 4.90 Å². The molecule has 1 aliphatic carbocycles. The third-order valence-electron chi connectivity index (χ3n) is 5.48. The van der Waals surface area contributed by atoms with Gasteiger partial charge >= 0.3 is 0 Å². The molecule has 2 fully saturated rings. The Hall–Kier alpha value is -1.22. The van der Waals surface area contributed by atoms with Gasteiger partial charge in [-0.2, -0.15) is 0 Å². The minimum absolute atomic E-state index is 0.223. The third kappa shape index (κ3) is 3.34. The molecule has 1 aromatic carbocycles. The van der Waals surface area contributed by atoms with Gasteiger partial charge in [-0.25, -0.2) is 0 Å². The zero-order valence-electron chi connectivity index (χ0n) is 13.1. The number of ether oxygens (including phenoxy) is 1. The number of rotatable bonds is 3. The number of hydrogen-bond donors (Lipinski definition) is 1. The number of piperidine rings is 1. The minimum atomic E-state index is 0.223. The van der Waals surface area contributed by atoms with Crippen LogP contribution in [0.3, 0.4) is 0 Å². The fourth-order valence-corrected chi connectivity index (χ4v) is 4.07. The van der Waals surface area contributed by atoms with Crippen LogP contribution in [0.2, 0.25) is 0 Å². The van der Waals surface area contributed by atoms with Crippen LogP contribution in [0, 0.1) is 5.41 Å². The molecule has 21 heavy (non-hydrogen) atoms. The predicted molar refractivity (Wildman–Crippen MR) is 84.7 cm³/mol. The summed E-state index contributed by atoms with van der Waals surface area (Å²) in [4.78, 5) is 2.55. The van der Waals surface area contributed by atoms with Crippen molar-refractivity contribution in [3.63, 3.8) is 0 Å². The molecule has 116 valence electrons. The highest BCUT2D eigenvalue weighted by Crippen LogP contribution is 2.44. The van der Waals surface area contributed by atoms with E-state index in [9.17, 15) is 5.11 Å². The highest BCUT2D eigenvalue weighted by Gasteiger charge is 2.35. The van der Waals surface area contributed by atoms with Crippen LogP contribution in [0.5, 0.6) is 11.5 Å². The van der Waals surface area contributed by atoms with Crippen LogP contribution >= 0.6 is 0 Å². The van der Waals surface area contributed by atoms with E-state index in [0.29, 0.717) is 11.2 Å². The number of nitrogens with zero attached hydrogens (tertiary/aromatic N) is 1. The maximum Gasteiger partial charge on any atom is 0.160 e. The molecule has 0 amide bonds. The van der Waals surface area contributed by atoms with Gasteiger partial charge in [0.2, 0.25) is 0 Å². The Morgan fingerprint density at radius 1 is 1.10 bits per heavy atom. The molecule has 0 atom stereocenters. The normalized spacial score (nSPS) is 22.3. The van der Waals surface area contributed by atoms with E-state index in [-0.39, 0.29) is 5.75 Å². The minimum Gasteiger partial charge on any atom is -0.504 e. The highest BCUT2D eigenvalue weighted by atomic mass is 16.5. The summed E-state index contributed by atoms with van der Waals surface area (Å²) in [5, 5.41) is 9.67. The van der Waals surface area contributed by atoms with E-state index >= 15 is 0 Å². The van der Waals surface area contributed by atoms with E-state index < -0.39 is 0 Å². The average Bonchev–Trinajstić information content (AvgIpc) is 2.52. The van der Waals surface area contributed by atoms with Crippen molar-refractivity contribution in [2.75, 3.05) is 20.2 Å². The van der Waals surface area contributed by atoms with Gasteiger partial charge in [0.1, 0.15) is 0 Å². The Morgan fingerprint density at radius 2 is 1.81 bits per heavy atom. The van der Waals surface area contributed by atoms with E-state index in [0.717, 1.165) is 6.54 Å². The van der Waals surface area contributed by atoms with Gasteiger partial charge in [0, 0.05) is 6.54 Å². The van der Waals surface area contributed by atoms with Crippen molar-refractivity contribution >= 4 is 0 Å². The molecule has 1 heterocycles. The summed E-state index contributed by atoms with van der Waals surface area (Å²) in [5.74, 6) is 0.800. The van der Waals surface area contributed by atoms with Crippen molar-refractivity contribution in [3.8, 4) is 11.5 Å². The first-order chi connectivity index (χ1) is 10.2. The molecule has 2 aliphatic rings. The van der Waals surface area contributed by atoms with Crippen LogP contribution in [0.25, 0.3) is 0 Å². The largest absolute Gasteiger partial charge is 0.504 e. The maximum absolute atomic E-state index is 9.67. The molecular weight excluding hydrogens is 262 g/mol. The van der Waals surface area contributed by atoms with Crippen molar-refractivity contribution in [1.82, 2.24) is 4.90 Å². The van der Waals surface area contributed by atoms with Gasteiger partial charge in [-0.05, 0) is 61.9 Å². The summed E-state index contributed by atoms with van der Waals surface area (Å²) in [6.07, 6.45) is 9.95. The number of phenols is 1. The van der Waals surface area contributed by atoms with E-state index in [1.807, 2.05) is 12.1 Å². The molecule has 0 aromatic heterocycles. The zero-order chi connectivity index (χ0) is 14.7. The average molecular weight is 289 g/mol. The van der Waals surface area contributed by atoms with Crippen molar-refractivity contribution in [1.29, 1.82) is 0 Å². The molecule has 3 rings (SSSR count). The second kappa shape index (κ2) is 6.27. The topological polar surface area (TPSA) is 32.7 Å². The van der Waals surface area contributed by atoms with Crippen LogP contribution in [-0.4, -0.2) is 30.2 Å². The lowest BCUT2D eigenvalue weighted by Crippen LogP contribution is -2.40. The lowest BCUT2D eigenvalue weighted by molar-refractivity contribution is 0.0641. The number of aromatic hydroxyl groups is 1. The molecule has 0 bridgehead atoms. The van der Waals surface area contributed by atoms with Gasteiger partial charge in [-0.3, -0.25) is 4.90 Å².